The molecule has 0 bridgehead atoms. The molecule has 1 heterocycles. The van der Waals surface area contributed by atoms with E-state index in [-0.39, 0.29) is 0 Å². The summed E-state index contributed by atoms with van der Waals surface area (Å²) in [5.74, 6) is 0. The summed E-state index contributed by atoms with van der Waals surface area (Å²) in [6.07, 6.45) is 1.21. The van der Waals surface area contributed by atoms with Gasteiger partial charge in [0.05, 0.1) is 0 Å². The average Bonchev–Trinajstić information content (AvgIpc) is 2.28. The van der Waals surface area contributed by atoms with Gasteiger partial charge in [-0.1, -0.05) is 38.1 Å². The van der Waals surface area contributed by atoms with Crippen LogP contribution in [0.5, 0.6) is 0 Å². The van der Waals surface area contributed by atoms with Crippen molar-refractivity contribution < 1.29 is 0 Å². The second-order valence-electron chi connectivity index (χ2n) is 4.90. The van der Waals surface area contributed by atoms with Crippen LogP contribution in [0.25, 0.3) is 0 Å². The van der Waals surface area contributed by atoms with Crippen molar-refractivity contribution in [1.82, 2.24) is 10.2 Å². The zero-order valence-electron chi connectivity index (χ0n) is 10.4. The molecule has 2 nitrogen and oxygen atoms in total. The molecule has 1 N–H and O–H groups in total. The smallest absolute Gasteiger partial charge is 0.0237 e. The molecule has 0 saturated heterocycles. The lowest BCUT2D eigenvalue weighted by Crippen LogP contribution is -2.37. The van der Waals surface area contributed by atoms with Crippen LogP contribution in [0.2, 0.25) is 0 Å². The summed E-state index contributed by atoms with van der Waals surface area (Å²) in [5.41, 5.74) is 3.05. The van der Waals surface area contributed by atoms with E-state index in [2.05, 4.69) is 48.3 Å². The Labute approximate surface area is 98.7 Å². The van der Waals surface area contributed by atoms with Gasteiger partial charge in [-0.15, -0.1) is 0 Å². The van der Waals surface area contributed by atoms with E-state index >= 15 is 0 Å². The van der Waals surface area contributed by atoms with Crippen molar-refractivity contribution in [2.45, 2.75) is 32.9 Å². The Hall–Kier alpha value is -0.860. The van der Waals surface area contributed by atoms with Gasteiger partial charge in [0, 0.05) is 32.2 Å². The maximum atomic E-state index is 3.48. The van der Waals surface area contributed by atoms with Gasteiger partial charge >= 0.3 is 0 Å². The van der Waals surface area contributed by atoms with E-state index in [1.54, 1.807) is 0 Å². The van der Waals surface area contributed by atoms with Crippen molar-refractivity contribution in [3.05, 3.63) is 35.4 Å². The molecule has 1 aromatic rings. The summed E-state index contributed by atoms with van der Waals surface area (Å²) in [6.45, 7) is 8.98. The highest BCUT2D eigenvalue weighted by Crippen LogP contribution is 2.17. The van der Waals surface area contributed by atoms with Crippen LogP contribution in [0, 0.1) is 0 Å². The third kappa shape index (κ3) is 3.06. The normalized spacial score (nSPS) is 16.4. The van der Waals surface area contributed by atoms with Gasteiger partial charge in [0.15, 0.2) is 0 Å². The summed E-state index contributed by atoms with van der Waals surface area (Å²) < 4.78 is 0. The minimum absolute atomic E-state index is 0.595. The van der Waals surface area contributed by atoms with Crippen LogP contribution in [-0.4, -0.2) is 30.6 Å². The molecule has 0 fully saturated rings. The number of fused-ring (bicyclic) bond motifs is 1. The van der Waals surface area contributed by atoms with E-state index < -0.39 is 0 Å². The first-order valence-corrected chi connectivity index (χ1v) is 6.28. The van der Waals surface area contributed by atoms with Gasteiger partial charge in [0.25, 0.3) is 0 Å². The van der Waals surface area contributed by atoms with Gasteiger partial charge in [0.2, 0.25) is 0 Å². The van der Waals surface area contributed by atoms with E-state index in [1.807, 2.05) is 0 Å². The van der Waals surface area contributed by atoms with Crippen LogP contribution in [-0.2, 0) is 13.0 Å². The number of hydrogen-bond donors (Lipinski definition) is 1. The highest BCUT2D eigenvalue weighted by molar-refractivity contribution is 5.28. The summed E-state index contributed by atoms with van der Waals surface area (Å²) >= 11 is 0. The van der Waals surface area contributed by atoms with E-state index in [1.165, 1.54) is 24.1 Å². The summed E-state index contributed by atoms with van der Waals surface area (Å²) in [6, 6.07) is 9.41. The van der Waals surface area contributed by atoms with Gasteiger partial charge in [-0.25, -0.2) is 0 Å². The SMILES string of the molecule is CC(C)NCCN1CCc2ccccc2C1. The van der Waals surface area contributed by atoms with Crippen molar-refractivity contribution in [2.75, 3.05) is 19.6 Å². The lowest BCUT2D eigenvalue weighted by atomic mass is 10.00. The first-order valence-electron chi connectivity index (χ1n) is 6.28. The topological polar surface area (TPSA) is 15.3 Å². The molecule has 2 rings (SSSR count). The molecule has 1 aliphatic rings. The van der Waals surface area contributed by atoms with E-state index in [0.29, 0.717) is 6.04 Å². The van der Waals surface area contributed by atoms with Crippen LogP contribution >= 0.6 is 0 Å². The summed E-state index contributed by atoms with van der Waals surface area (Å²) in [5, 5.41) is 3.48. The second-order valence-corrected chi connectivity index (χ2v) is 4.90. The molecule has 2 heteroatoms. The third-order valence-electron chi connectivity index (χ3n) is 3.19. The van der Waals surface area contributed by atoms with Crippen LogP contribution in [0.15, 0.2) is 24.3 Å². The van der Waals surface area contributed by atoms with E-state index in [4.69, 9.17) is 0 Å². The molecule has 0 spiro atoms. The molecule has 1 aliphatic heterocycles. The predicted molar refractivity (Wildman–Crippen MR) is 68.6 cm³/mol. The molecule has 0 amide bonds. The van der Waals surface area contributed by atoms with Crippen LogP contribution in [0.1, 0.15) is 25.0 Å². The molecular formula is C14H22N2. The van der Waals surface area contributed by atoms with Crippen LogP contribution in [0.4, 0.5) is 0 Å². The highest BCUT2D eigenvalue weighted by Gasteiger charge is 2.14. The minimum Gasteiger partial charge on any atom is -0.313 e. The molecular weight excluding hydrogens is 196 g/mol. The van der Waals surface area contributed by atoms with Gasteiger partial charge < -0.3 is 5.32 Å². The van der Waals surface area contributed by atoms with Gasteiger partial charge in [-0.2, -0.15) is 0 Å². The summed E-state index contributed by atoms with van der Waals surface area (Å²) in [7, 11) is 0. The Morgan fingerprint density at radius 3 is 2.75 bits per heavy atom. The molecule has 88 valence electrons. The quantitative estimate of drug-likeness (QED) is 0.832. The maximum absolute atomic E-state index is 3.48. The second kappa shape index (κ2) is 5.46. The van der Waals surface area contributed by atoms with Crippen LogP contribution in [0.3, 0.4) is 0 Å². The number of hydrogen-bond acceptors (Lipinski definition) is 2. The van der Waals surface area contributed by atoms with Crippen LogP contribution < -0.4 is 5.32 Å². The number of benzene rings is 1. The Balaban J connectivity index is 1.83. The van der Waals surface area contributed by atoms with E-state index in [9.17, 15) is 0 Å². The van der Waals surface area contributed by atoms with Crippen molar-refractivity contribution >= 4 is 0 Å². The zero-order chi connectivity index (χ0) is 11.4. The standard InChI is InChI=1S/C14H22N2/c1-12(2)15-8-10-16-9-7-13-5-3-4-6-14(13)11-16/h3-6,12,15H,7-11H2,1-2H3. The number of nitrogens with zero attached hydrogens (tertiary/aromatic N) is 1. The molecule has 16 heavy (non-hydrogen) atoms. The predicted octanol–water partition coefficient (Wildman–Crippen LogP) is 2.04. The number of nitrogens with one attached hydrogen (secondary N) is 1. The Bertz CT molecular complexity index is 333. The van der Waals surface area contributed by atoms with Crippen molar-refractivity contribution in [1.29, 1.82) is 0 Å². The summed E-state index contributed by atoms with van der Waals surface area (Å²) in [4.78, 5) is 2.54. The molecule has 0 atom stereocenters. The molecule has 0 unspecified atom stereocenters. The first-order chi connectivity index (χ1) is 7.75. The molecule has 0 aliphatic carbocycles. The van der Waals surface area contributed by atoms with Crippen molar-refractivity contribution in [3.8, 4) is 0 Å². The first kappa shape index (κ1) is 11.6. The Morgan fingerprint density at radius 1 is 1.25 bits per heavy atom. The number of rotatable bonds is 4. The van der Waals surface area contributed by atoms with Gasteiger partial charge in [-0.05, 0) is 17.5 Å². The lowest BCUT2D eigenvalue weighted by Gasteiger charge is -2.29. The molecule has 1 aromatic carbocycles. The fourth-order valence-electron chi connectivity index (χ4n) is 2.26. The van der Waals surface area contributed by atoms with E-state index in [0.717, 1.165) is 19.6 Å². The Kier molecular flexibility index (Phi) is 3.97. The fourth-order valence-corrected chi connectivity index (χ4v) is 2.26. The molecule has 0 aromatic heterocycles. The maximum Gasteiger partial charge on any atom is 0.0237 e. The molecule has 0 radical (unpaired) electrons. The highest BCUT2D eigenvalue weighted by atomic mass is 15.1. The van der Waals surface area contributed by atoms with Gasteiger partial charge in [0.1, 0.15) is 0 Å². The zero-order valence-corrected chi connectivity index (χ0v) is 10.4. The molecule has 0 saturated carbocycles. The fraction of sp³-hybridized carbons (Fsp3) is 0.571. The van der Waals surface area contributed by atoms with Crippen molar-refractivity contribution in [2.24, 2.45) is 0 Å². The average molecular weight is 218 g/mol. The van der Waals surface area contributed by atoms with Crippen molar-refractivity contribution in [3.63, 3.8) is 0 Å². The largest absolute Gasteiger partial charge is 0.313 e. The lowest BCUT2D eigenvalue weighted by molar-refractivity contribution is 0.251. The van der Waals surface area contributed by atoms with Gasteiger partial charge in [-0.3, -0.25) is 4.90 Å². The Morgan fingerprint density at radius 2 is 2.00 bits per heavy atom. The monoisotopic (exact) mass is 218 g/mol. The third-order valence-corrected chi connectivity index (χ3v) is 3.19. The minimum atomic E-state index is 0.595.